The molecular weight excluding hydrogens is 240 g/mol. The molecule has 4 nitrogen and oxygen atoms in total. The highest BCUT2D eigenvalue weighted by molar-refractivity contribution is 6.33. The zero-order chi connectivity index (χ0) is 12.1. The first kappa shape index (κ1) is 11.4. The first-order valence-corrected chi connectivity index (χ1v) is 5.27. The van der Waals surface area contributed by atoms with E-state index >= 15 is 0 Å². The van der Waals surface area contributed by atoms with Crippen molar-refractivity contribution in [3.63, 3.8) is 0 Å². The second-order valence-corrected chi connectivity index (χ2v) is 3.59. The predicted molar refractivity (Wildman–Crippen MR) is 65.3 cm³/mol. The first-order chi connectivity index (χ1) is 8.25. The maximum absolute atomic E-state index is 11.5. The summed E-state index contributed by atoms with van der Waals surface area (Å²) in [6.07, 6.45) is 2.44. The Morgan fingerprint density at radius 3 is 2.76 bits per heavy atom. The number of nitrogens with one attached hydrogen (secondary N) is 1. The summed E-state index contributed by atoms with van der Waals surface area (Å²) in [6, 6.07) is 10.2. The second kappa shape index (κ2) is 5.32. The molecule has 0 saturated carbocycles. The van der Waals surface area contributed by atoms with Crippen molar-refractivity contribution in [2.24, 2.45) is 0 Å². The zero-order valence-electron chi connectivity index (χ0n) is 8.76. The normalized spacial score (nSPS) is 9.71. The van der Waals surface area contributed by atoms with E-state index in [9.17, 15) is 4.79 Å². The number of benzene rings is 1. The molecule has 0 aliphatic rings. The summed E-state index contributed by atoms with van der Waals surface area (Å²) in [5.74, 6) is 0.372. The van der Waals surface area contributed by atoms with Crippen LogP contribution in [0.3, 0.4) is 0 Å². The molecule has 1 N–H and O–H groups in total. The number of para-hydroxylation sites is 1. The van der Waals surface area contributed by atoms with E-state index in [0.29, 0.717) is 16.5 Å². The van der Waals surface area contributed by atoms with E-state index < -0.39 is 6.09 Å². The van der Waals surface area contributed by atoms with Gasteiger partial charge in [-0.25, -0.2) is 4.79 Å². The maximum Gasteiger partial charge on any atom is 0.417 e. The number of ether oxygens (including phenoxy) is 1. The fourth-order valence-corrected chi connectivity index (χ4v) is 1.40. The van der Waals surface area contributed by atoms with E-state index in [2.05, 4.69) is 10.3 Å². The predicted octanol–water partition coefficient (Wildman–Crippen LogP) is 3.35. The van der Waals surface area contributed by atoms with Crippen LogP contribution in [-0.4, -0.2) is 11.1 Å². The average Bonchev–Trinajstić information content (AvgIpc) is 2.33. The number of hydrogen-bond donors (Lipinski definition) is 1. The third kappa shape index (κ3) is 3.19. The Labute approximate surface area is 103 Å². The molecule has 0 bridgehead atoms. The van der Waals surface area contributed by atoms with Gasteiger partial charge in [0.1, 0.15) is 0 Å². The van der Waals surface area contributed by atoms with Crippen LogP contribution in [0, 0.1) is 0 Å². The van der Waals surface area contributed by atoms with Crippen LogP contribution < -0.4 is 10.1 Å². The van der Waals surface area contributed by atoms with Gasteiger partial charge in [0.15, 0.2) is 5.75 Å². The van der Waals surface area contributed by atoms with Gasteiger partial charge in [0.25, 0.3) is 0 Å². The minimum absolute atomic E-state index is 0.372. The van der Waals surface area contributed by atoms with Crippen molar-refractivity contribution in [3.8, 4) is 5.75 Å². The smallest absolute Gasteiger partial charge is 0.408 e. The number of carbonyl (C=O) groups is 1. The van der Waals surface area contributed by atoms with Gasteiger partial charge < -0.3 is 4.74 Å². The van der Waals surface area contributed by atoms with Crippen molar-refractivity contribution in [1.29, 1.82) is 0 Å². The largest absolute Gasteiger partial charge is 0.417 e. The van der Waals surface area contributed by atoms with Crippen LogP contribution in [-0.2, 0) is 0 Å². The molecule has 0 aliphatic heterocycles. The van der Waals surface area contributed by atoms with Gasteiger partial charge in [0.05, 0.1) is 16.9 Å². The topological polar surface area (TPSA) is 51.2 Å². The van der Waals surface area contributed by atoms with E-state index in [4.69, 9.17) is 16.3 Å². The number of aromatic nitrogens is 1. The lowest BCUT2D eigenvalue weighted by Gasteiger charge is -2.07. The van der Waals surface area contributed by atoms with Crippen LogP contribution in [0.5, 0.6) is 5.75 Å². The molecule has 1 aromatic heterocycles. The highest BCUT2D eigenvalue weighted by atomic mass is 35.5. The summed E-state index contributed by atoms with van der Waals surface area (Å²) in [5.41, 5.74) is 0.503. The molecule has 0 saturated heterocycles. The van der Waals surface area contributed by atoms with Gasteiger partial charge in [0.2, 0.25) is 0 Å². The van der Waals surface area contributed by atoms with Crippen LogP contribution in [0.25, 0.3) is 0 Å². The Balaban J connectivity index is 2.01. The number of carbonyl (C=O) groups excluding carboxylic acids is 1. The summed E-state index contributed by atoms with van der Waals surface area (Å²) in [7, 11) is 0. The summed E-state index contributed by atoms with van der Waals surface area (Å²) >= 11 is 5.89. The molecule has 0 fully saturated rings. The van der Waals surface area contributed by atoms with Crippen LogP contribution in [0.2, 0.25) is 5.02 Å². The third-order valence-corrected chi connectivity index (χ3v) is 2.29. The first-order valence-electron chi connectivity index (χ1n) is 4.89. The summed E-state index contributed by atoms with van der Waals surface area (Å²) in [5, 5.41) is 2.99. The van der Waals surface area contributed by atoms with E-state index in [1.165, 1.54) is 6.20 Å². The van der Waals surface area contributed by atoms with Gasteiger partial charge in [-0.1, -0.05) is 23.7 Å². The third-order valence-electron chi connectivity index (χ3n) is 1.96. The van der Waals surface area contributed by atoms with E-state index in [0.717, 1.165) is 0 Å². The van der Waals surface area contributed by atoms with E-state index in [-0.39, 0.29) is 0 Å². The Morgan fingerprint density at radius 2 is 2.06 bits per heavy atom. The van der Waals surface area contributed by atoms with Crippen LogP contribution in [0.15, 0.2) is 48.8 Å². The quantitative estimate of drug-likeness (QED) is 0.887. The summed E-state index contributed by atoms with van der Waals surface area (Å²) in [6.45, 7) is 0. The minimum Gasteiger partial charge on any atom is -0.408 e. The summed E-state index contributed by atoms with van der Waals surface area (Å²) in [4.78, 5) is 15.3. The molecule has 0 spiro atoms. The molecule has 0 radical (unpaired) electrons. The fourth-order valence-electron chi connectivity index (χ4n) is 1.21. The molecule has 86 valence electrons. The average molecular weight is 249 g/mol. The lowest BCUT2D eigenvalue weighted by Crippen LogP contribution is -2.16. The van der Waals surface area contributed by atoms with Crippen LogP contribution in [0.4, 0.5) is 10.5 Å². The summed E-state index contributed by atoms with van der Waals surface area (Å²) < 4.78 is 5.00. The lowest BCUT2D eigenvalue weighted by atomic mass is 10.3. The Morgan fingerprint density at radius 1 is 1.24 bits per heavy atom. The number of anilines is 1. The number of rotatable bonds is 2. The van der Waals surface area contributed by atoms with E-state index in [1.807, 2.05) is 0 Å². The molecule has 1 aromatic carbocycles. The van der Waals surface area contributed by atoms with Crippen LogP contribution in [0.1, 0.15) is 0 Å². The Kier molecular flexibility index (Phi) is 3.57. The standard InChI is InChI=1S/C12H9ClN2O2/c13-10-5-1-2-6-11(10)15-12(16)17-9-4-3-7-14-8-9/h1-8H,(H,15,16). The van der Waals surface area contributed by atoms with Gasteiger partial charge >= 0.3 is 6.09 Å². The molecule has 2 aromatic rings. The number of amides is 1. The van der Waals surface area contributed by atoms with Crippen molar-refractivity contribution in [3.05, 3.63) is 53.8 Å². The SMILES string of the molecule is O=C(Nc1ccccc1Cl)Oc1cccnc1. The number of hydrogen-bond acceptors (Lipinski definition) is 3. The van der Waals surface area contributed by atoms with Crippen LogP contribution >= 0.6 is 11.6 Å². The minimum atomic E-state index is -0.605. The van der Waals surface area contributed by atoms with Gasteiger partial charge in [-0.05, 0) is 24.3 Å². The van der Waals surface area contributed by atoms with Crippen molar-refractivity contribution >= 4 is 23.4 Å². The second-order valence-electron chi connectivity index (χ2n) is 3.18. The van der Waals surface area contributed by atoms with Gasteiger partial charge in [0, 0.05) is 6.20 Å². The molecule has 2 rings (SSSR count). The van der Waals surface area contributed by atoms with Gasteiger partial charge in [-0.3, -0.25) is 10.3 Å². The van der Waals surface area contributed by atoms with Gasteiger partial charge in [-0.15, -0.1) is 0 Å². The molecule has 1 amide bonds. The number of halogens is 1. The maximum atomic E-state index is 11.5. The van der Waals surface area contributed by atoms with Crippen molar-refractivity contribution in [2.45, 2.75) is 0 Å². The zero-order valence-corrected chi connectivity index (χ0v) is 9.52. The Hall–Kier alpha value is -2.07. The lowest BCUT2D eigenvalue weighted by molar-refractivity contribution is 0.215. The highest BCUT2D eigenvalue weighted by Crippen LogP contribution is 2.20. The fraction of sp³-hybridized carbons (Fsp3) is 0. The molecular formula is C12H9ClN2O2. The van der Waals surface area contributed by atoms with Crippen molar-refractivity contribution in [1.82, 2.24) is 4.98 Å². The molecule has 0 aliphatic carbocycles. The number of pyridine rings is 1. The molecule has 0 unspecified atom stereocenters. The monoisotopic (exact) mass is 248 g/mol. The Bertz CT molecular complexity index is 517. The molecule has 0 atom stereocenters. The van der Waals surface area contributed by atoms with Crippen molar-refractivity contribution in [2.75, 3.05) is 5.32 Å². The van der Waals surface area contributed by atoms with Gasteiger partial charge in [-0.2, -0.15) is 0 Å². The molecule has 5 heteroatoms. The molecule has 17 heavy (non-hydrogen) atoms. The molecule has 1 heterocycles. The highest BCUT2D eigenvalue weighted by Gasteiger charge is 2.06. The number of nitrogens with zero attached hydrogens (tertiary/aromatic N) is 1. The van der Waals surface area contributed by atoms with E-state index in [1.54, 1.807) is 42.6 Å². The van der Waals surface area contributed by atoms with Crippen molar-refractivity contribution < 1.29 is 9.53 Å².